The summed E-state index contributed by atoms with van der Waals surface area (Å²) in [5.41, 5.74) is 7.59. The predicted octanol–water partition coefficient (Wildman–Crippen LogP) is 2.86. The fourth-order valence-electron chi connectivity index (χ4n) is 2.56. The fourth-order valence-corrected chi connectivity index (χ4v) is 3.66. The van der Waals surface area contributed by atoms with E-state index in [9.17, 15) is 4.39 Å². The molecule has 1 aliphatic carbocycles. The molecule has 1 aromatic heterocycles. The standard InChI is InChI=1S/C14H15FN4S/c15-10-4-1-8(2-5-10)9-3-6-11-12(7-9)20-14(18-11)19-13(16)17/h1-2,4-5,9H,3,6-7H2,(H4,16,17,18,19). The van der Waals surface area contributed by atoms with Crippen LogP contribution in [0, 0.1) is 11.2 Å². The van der Waals surface area contributed by atoms with Crippen molar-refractivity contribution in [2.24, 2.45) is 5.73 Å². The highest BCUT2D eigenvalue weighted by Crippen LogP contribution is 2.36. The SMILES string of the molecule is N=C(N)Nc1nc2c(s1)CC(c1ccc(F)cc1)CC2. The van der Waals surface area contributed by atoms with Gasteiger partial charge in [-0.15, -0.1) is 11.3 Å². The van der Waals surface area contributed by atoms with Crippen LogP contribution in [0.2, 0.25) is 0 Å². The quantitative estimate of drug-likeness (QED) is 0.588. The zero-order valence-corrected chi connectivity index (χ0v) is 11.6. The highest BCUT2D eigenvalue weighted by Gasteiger charge is 2.23. The first-order valence-electron chi connectivity index (χ1n) is 6.47. The van der Waals surface area contributed by atoms with Crippen molar-refractivity contribution in [1.29, 1.82) is 5.41 Å². The van der Waals surface area contributed by atoms with Crippen LogP contribution in [0.1, 0.15) is 28.5 Å². The number of aromatic nitrogens is 1. The number of halogens is 1. The minimum absolute atomic E-state index is 0.0915. The third-order valence-electron chi connectivity index (χ3n) is 3.52. The molecule has 20 heavy (non-hydrogen) atoms. The maximum Gasteiger partial charge on any atom is 0.192 e. The zero-order valence-electron chi connectivity index (χ0n) is 10.8. The van der Waals surface area contributed by atoms with Crippen molar-refractivity contribution in [3.63, 3.8) is 0 Å². The molecule has 1 atom stereocenters. The largest absolute Gasteiger partial charge is 0.370 e. The Balaban J connectivity index is 1.79. The Hall–Kier alpha value is -1.95. The number of nitrogens with one attached hydrogen (secondary N) is 2. The second kappa shape index (κ2) is 5.20. The second-order valence-corrected chi connectivity index (χ2v) is 6.00. The molecule has 0 spiro atoms. The third kappa shape index (κ3) is 2.65. The van der Waals surface area contributed by atoms with Crippen molar-refractivity contribution in [2.75, 3.05) is 5.32 Å². The van der Waals surface area contributed by atoms with Gasteiger partial charge in [0.1, 0.15) is 5.82 Å². The molecule has 1 unspecified atom stereocenters. The number of benzene rings is 1. The maximum atomic E-state index is 13.0. The van der Waals surface area contributed by atoms with E-state index in [0.717, 1.165) is 25.0 Å². The van der Waals surface area contributed by atoms with Crippen LogP contribution in [0.4, 0.5) is 9.52 Å². The molecule has 4 N–H and O–H groups in total. The van der Waals surface area contributed by atoms with Gasteiger partial charge in [-0.25, -0.2) is 9.37 Å². The minimum Gasteiger partial charge on any atom is -0.370 e. The van der Waals surface area contributed by atoms with E-state index < -0.39 is 0 Å². The average molecular weight is 290 g/mol. The van der Waals surface area contributed by atoms with Gasteiger partial charge in [-0.05, 0) is 42.9 Å². The fraction of sp³-hybridized carbons (Fsp3) is 0.286. The van der Waals surface area contributed by atoms with Gasteiger partial charge in [-0.2, -0.15) is 0 Å². The van der Waals surface area contributed by atoms with Crippen LogP contribution in [-0.2, 0) is 12.8 Å². The Morgan fingerprint density at radius 2 is 2.15 bits per heavy atom. The van der Waals surface area contributed by atoms with Crippen LogP contribution in [0.15, 0.2) is 24.3 Å². The maximum absolute atomic E-state index is 13.0. The topological polar surface area (TPSA) is 74.8 Å². The van der Waals surface area contributed by atoms with E-state index in [-0.39, 0.29) is 11.8 Å². The molecule has 2 aromatic rings. The molecule has 0 aliphatic heterocycles. The van der Waals surface area contributed by atoms with Crippen molar-refractivity contribution in [3.05, 3.63) is 46.2 Å². The lowest BCUT2D eigenvalue weighted by atomic mass is 9.85. The van der Waals surface area contributed by atoms with Crippen LogP contribution >= 0.6 is 11.3 Å². The Bertz CT molecular complexity index is 635. The van der Waals surface area contributed by atoms with E-state index in [2.05, 4.69) is 10.3 Å². The molecule has 1 heterocycles. The molecule has 6 heteroatoms. The molecule has 104 valence electrons. The smallest absolute Gasteiger partial charge is 0.192 e. The highest BCUT2D eigenvalue weighted by molar-refractivity contribution is 7.15. The minimum atomic E-state index is -0.198. The molecule has 0 radical (unpaired) electrons. The van der Waals surface area contributed by atoms with Gasteiger partial charge in [0, 0.05) is 4.88 Å². The van der Waals surface area contributed by atoms with E-state index in [1.165, 1.54) is 22.6 Å². The van der Waals surface area contributed by atoms with Gasteiger partial charge in [0.2, 0.25) is 0 Å². The first-order chi connectivity index (χ1) is 9.61. The van der Waals surface area contributed by atoms with Crippen molar-refractivity contribution in [1.82, 2.24) is 4.98 Å². The number of aryl methyl sites for hydroxylation is 1. The van der Waals surface area contributed by atoms with Gasteiger partial charge in [0.05, 0.1) is 5.69 Å². The summed E-state index contributed by atoms with van der Waals surface area (Å²) in [5.74, 6) is 0.121. The summed E-state index contributed by atoms with van der Waals surface area (Å²) in [6.45, 7) is 0. The number of rotatable bonds is 2. The van der Waals surface area contributed by atoms with Gasteiger partial charge < -0.3 is 11.1 Å². The van der Waals surface area contributed by atoms with Gasteiger partial charge in [-0.1, -0.05) is 12.1 Å². The molecule has 3 rings (SSSR count). The number of nitrogens with zero attached hydrogens (tertiary/aromatic N) is 1. The van der Waals surface area contributed by atoms with E-state index in [4.69, 9.17) is 11.1 Å². The van der Waals surface area contributed by atoms with Crippen molar-refractivity contribution in [2.45, 2.75) is 25.2 Å². The Kier molecular flexibility index (Phi) is 3.40. The second-order valence-electron chi connectivity index (χ2n) is 4.92. The third-order valence-corrected chi connectivity index (χ3v) is 4.56. The molecule has 4 nitrogen and oxygen atoms in total. The molecule has 1 aromatic carbocycles. The summed E-state index contributed by atoms with van der Waals surface area (Å²) in [7, 11) is 0. The lowest BCUT2D eigenvalue weighted by Crippen LogP contribution is -2.20. The van der Waals surface area contributed by atoms with Crippen LogP contribution in [0.5, 0.6) is 0 Å². The summed E-state index contributed by atoms with van der Waals surface area (Å²) in [4.78, 5) is 5.69. The molecule has 0 saturated carbocycles. The first kappa shape index (κ1) is 13.1. The monoisotopic (exact) mass is 290 g/mol. The van der Waals surface area contributed by atoms with Gasteiger partial charge in [0.15, 0.2) is 11.1 Å². The molecule has 0 bridgehead atoms. The average Bonchev–Trinajstić information content (AvgIpc) is 2.79. The van der Waals surface area contributed by atoms with Crippen LogP contribution < -0.4 is 11.1 Å². The summed E-state index contributed by atoms with van der Waals surface area (Å²) in [6.07, 6.45) is 2.84. The van der Waals surface area contributed by atoms with Gasteiger partial charge in [-0.3, -0.25) is 5.41 Å². The summed E-state index contributed by atoms with van der Waals surface area (Å²) in [5, 5.41) is 10.7. The Morgan fingerprint density at radius 3 is 2.85 bits per heavy atom. The van der Waals surface area contributed by atoms with Crippen molar-refractivity contribution >= 4 is 22.4 Å². The van der Waals surface area contributed by atoms with Crippen molar-refractivity contribution < 1.29 is 4.39 Å². The lowest BCUT2D eigenvalue weighted by Gasteiger charge is -2.21. The predicted molar refractivity (Wildman–Crippen MR) is 78.8 cm³/mol. The van der Waals surface area contributed by atoms with Crippen LogP contribution in [-0.4, -0.2) is 10.9 Å². The molecule has 0 amide bonds. The van der Waals surface area contributed by atoms with Gasteiger partial charge in [0.25, 0.3) is 0 Å². The number of thiazole rings is 1. The van der Waals surface area contributed by atoms with Crippen molar-refractivity contribution in [3.8, 4) is 0 Å². The summed E-state index contributed by atoms with van der Waals surface area (Å²) >= 11 is 1.55. The molecular weight excluding hydrogens is 275 g/mol. The summed E-state index contributed by atoms with van der Waals surface area (Å²) < 4.78 is 13.0. The van der Waals surface area contributed by atoms with E-state index in [1.807, 2.05) is 12.1 Å². The van der Waals surface area contributed by atoms with E-state index in [1.54, 1.807) is 11.3 Å². The molecule has 0 saturated heterocycles. The highest BCUT2D eigenvalue weighted by atomic mass is 32.1. The summed E-state index contributed by atoms with van der Waals surface area (Å²) in [6, 6.07) is 6.75. The number of anilines is 1. The van der Waals surface area contributed by atoms with Gasteiger partial charge >= 0.3 is 0 Å². The lowest BCUT2D eigenvalue weighted by molar-refractivity contribution is 0.580. The Morgan fingerprint density at radius 1 is 1.40 bits per heavy atom. The normalized spacial score (nSPS) is 17.6. The number of guanidine groups is 1. The Labute approximate surface area is 120 Å². The number of hydrogen-bond donors (Lipinski definition) is 3. The van der Waals surface area contributed by atoms with Crippen LogP contribution in [0.3, 0.4) is 0 Å². The van der Waals surface area contributed by atoms with E-state index >= 15 is 0 Å². The molecule has 0 fully saturated rings. The number of hydrogen-bond acceptors (Lipinski definition) is 3. The number of nitrogens with two attached hydrogens (primary N) is 1. The number of fused-ring (bicyclic) bond motifs is 1. The van der Waals surface area contributed by atoms with Crippen LogP contribution in [0.25, 0.3) is 0 Å². The van der Waals surface area contributed by atoms with E-state index in [0.29, 0.717) is 11.0 Å². The first-order valence-corrected chi connectivity index (χ1v) is 7.28. The molecule has 1 aliphatic rings. The molecular formula is C14H15FN4S. The zero-order chi connectivity index (χ0) is 14.1.